The van der Waals surface area contributed by atoms with Crippen LogP contribution in [-0.4, -0.2) is 34.0 Å². The molecule has 3 unspecified atom stereocenters. The van der Waals surface area contributed by atoms with Crippen LogP contribution in [0.25, 0.3) is 0 Å². The molecule has 5 heteroatoms. The van der Waals surface area contributed by atoms with Crippen molar-refractivity contribution in [3.8, 4) is 0 Å². The minimum absolute atomic E-state index is 0.0754. The molecule has 0 aromatic heterocycles. The Morgan fingerprint density at radius 1 is 1.47 bits per heavy atom. The van der Waals surface area contributed by atoms with Gasteiger partial charge >= 0.3 is 6.09 Å². The molecular formula is C10H15NO3S. The highest BCUT2D eigenvalue weighted by atomic mass is 32.2. The van der Waals surface area contributed by atoms with Crippen molar-refractivity contribution in [2.45, 2.75) is 37.0 Å². The number of carbonyl (C=O) groups is 2. The first-order valence-electron chi connectivity index (χ1n) is 5.32. The fourth-order valence-corrected chi connectivity index (χ4v) is 4.12. The summed E-state index contributed by atoms with van der Waals surface area (Å²) in [7, 11) is 0. The Bertz CT molecular complexity index is 282. The fourth-order valence-electron chi connectivity index (χ4n) is 2.49. The highest BCUT2D eigenvalue weighted by Crippen LogP contribution is 2.39. The standard InChI is InChI=1S/C10H15NO3S/c12-7-3-1-2-4-8-9(7)6(5-15-8)11-10(13)14/h6,8-9,11H,1-5H2,(H,13,14). The summed E-state index contributed by atoms with van der Waals surface area (Å²) in [5.74, 6) is 0.919. The number of nitrogens with one attached hydrogen (secondary N) is 1. The lowest BCUT2D eigenvalue weighted by Gasteiger charge is -2.20. The minimum Gasteiger partial charge on any atom is -0.465 e. The lowest BCUT2D eigenvalue weighted by atomic mass is 9.92. The molecule has 4 nitrogen and oxygen atoms in total. The van der Waals surface area contributed by atoms with Crippen molar-refractivity contribution in [1.82, 2.24) is 5.32 Å². The number of carbonyl (C=O) groups excluding carboxylic acids is 1. The van der Waals surface area contributed by atoms with E-state index in [4.69, 9.17) is 5.11 Å². The number of ketones is 1. The Morgan fingerprint density at radius 3 is 3.00 bits per heavy atom. The van der Waals surface area contributed by atoms with Crippen LogP contribution in [0, 0.1) is 5.92 Å². The molecule has 2 aliphatic rings. The highest BCUT2D eigenvalue weighted by molar-refractivity contribution is 8.00. The molecule has 1 saturated heterocycles. The maximum absolute atomic E-state index is 11.8. The topological polar surface area (TPSA) is 66.4 Å². The van der Waals surface area contributed by atoms with Crippen molar-refractivity contribution < 1.29 is 14.7 Å². The SMILES string of the molecule is O=C(O)NC1CSC2CCCCC(=O)C12. The summed E-state index contributed by atoms with van der Waals surface area (Å²) < 4.78 is 0. The van der Waals surface area contributed by atoms with Crippen molar-refractivity contribution in [2.75, 3.05) is 5.75 Å². The van der Waals surface area contributed by atoms with Gasteiger partial charge in [0.15, 0.2) is 0 Å². The van der Waals surface area contributed by atoms with Gasteiger partial charge in [-0.2, -0.15) is 11.8 Å². The lowest BCUT2D eigenvalue weighted by molar-refractivity contribution is -0.122. The van der Waals surface area contributed by atoms with E-state index < -0.39 is 6.09 Å². The number of fused-ring (bicyclic) bond motifs is 1. The smallest absolute Gasteiger partial charge is 0.404 e. The van der Waals surface area contributed by atoms with Crippen LogP contribution in [0.3, 0.4) is 0 Å². The van der Waals surface area contributed by atoms with Gasteiger partial charge in [-0.15, -0.1) is 0 Å². The van der Waals surface area contributed by atoms with Crippen molar-refractivity contribution in [3.63, 3.8) is 0 Å². The molecule has 1 amide bonds. The van der Waals surface area contributed by atoms with Gasteiger partial charge in [0.1, 0.15) is 5.78 Å². The molecule has 1 saturated carbocycles. The van der Waals surface area contributed by atoms with Gasteiger partial charge in [0.05, 0.1) is 12.0 Å². The van der Waals surface area contributed by atoms with Crippen LogP contribution in [-0.2, 0) is 4.79 Å². The van der Waals surface area contributed by atoms with E-state index in [1.807, 2.05) is 0 Å². The summed E-state index contributed by atoms with van der Waals surface area (Å²) in [6, 6.07) is -0.164. The molecule has 84 valence electrons. The summed E-state index contributed by atoms with van der Waals surface area (Å²) in [6.07, 6.45) is 2.72. The summed E-state index contributed by atoms with van der Waals surface area (Å²) >= 11 is 1.75. The molecule has 2 N–H and O–H groups in total. The summed E-state index contributed by atoms with van der Waals surface area (Å²) in [6.45, 7) is 0. The first-order chi connectivity index (χ1) is 7.18. The second kappa shape index (κ2) is 4.43. The van der Waals surface area contributed by atoms with Gasteiger partial charge in [0, 0.05) is 17.4 Å². The van der Waals surface area contributed by atoms with Gasteiger partial charge in [0.2, 0.25) is 0 Å². The van der Waals surface area contributed by atoms with E-state index in [2.05, 4.69) is 5.32 Å². The molecular weight excluding hydrogens is 214 g/mol. The van der Waals surface area contributed by atoms with E-state index >= 15 is 0 Å². The molecule has 0 aromatic rings. The molecule has 2 rings (SSSR count). The molecule has 1 aliphatic heterocycles. The molecule has 1 aliphatic carbocycles. The van der Waals surface area contributed by atoms with Crippen molar-refractivity contribution in [1.29, 1.82) is 0 Å². The maximum atomic E-state index is 11.8. The van der Waals surface area contributed by atoms with E-state index in [1.165, 1.54) is 0 Å². The molecule has 0 radical (unpaired) electrons. The molecule has 0 spiro atoms. The summed E-state index contributed by atoms with van der Waals surface area (Å²) in [5, 5.41) is 11.5. The van der Waals surface area contributed by atoms with E-state index in [1.54, 1.807) is 11.8 Å². The lowest BCUT2D eigenvalue weighted by Crippen LogP contribution is -2.43. The van der Waals surface area contributed by atoms with Crippen molar-refractivity contribution >= 4 is 23.6 Å². The number of amides is 1. The Labute approximate surface area is 92.8 Å². The average molecular weight is 229 g/mol. The first-order valence-corrected chi connectivity index (χ1v) is 6.37. The van der Waals surface area contributed by atoms with Gasteiger partial charge < -0.3 is 10.4 Å². The molecule has 0 aromatic carbocycles. The Kier molecular flexibility index (Phi) is 3.19. The molecule has 3 atom stereocenters. The Morgan fingerprint density at radius 2 is 2.27 bits per heavy atom. The molecule has 15 heavy (non-hydrogen) atoms. The van der Waals surface area contributed by atoms with Crippen molar-refractivity contribution in [3.05, 3.63) is 0 Å². The van der Waals surface area contributed by atoms with E-state index in [9.17, 15) is 9.59 Å². The van der Waals surface area contributed by atoms with Gasteiger partial charge in [-0.3, -0.25) is 4.79 Å². The van der Waals surface area contributed by atoms with Crippen molar-refractivity contribution in [2.24, 2.45) is 5.92 Å². The predicted octanol–water partition coefficient (Wildman–Crippen LogP) is 1.50. The quantitative estimate of drug-likeness (QED) is 0.715. The number of hydrogen-bond acceptors (Lipinski definition) is 3. The molecule has 0 bridgehead atoms. The monoisotopic (exact) mass is 229 g/mol. The number of hydrogen-bond donors (Lipinski definition) is 2. The van der Waals surface area contributed by atoms with Crippen LogP contribution < -0.4 is 5.32 Å². The number of rotatable bonds is 1. The van der Waals surface area contributed by atoms with E-state index in [0.29, 0.717) is 11.7 Å². The normalized spacial score (nSPS) is 35.7. The zero-order valence-electron chi connectivity index (χ0n) is 8.44. The van der Waals surface area contributed by atoms with Crippen LogP contribution in [0.5, 0.6) is 0 Å². The minimum atomic E-state index is -1.02. The van der Waals surface area contributed by atoms with Crippen LogP contribution in [0.15, 0.2) is 0 Å². The zero-order chi connectivity index (χ0) is 10.8. The number of Topliss-reactive ketones (excluding diaryl/α,β-unsaturated/α-hetero) is 1. The second-order valence-electron chi connectivity index (χ2n) is 4.17. The number of thioether (sulfide) groups is 1. The Hall–Kier alpha value is -0.710. The van der Waals surface area contributed by atoms with E-state index in [0.717, 1.165) is 25.0 Å². The van der Waals surface area contributed by atoms with Crippen LogP contribution in [0.4, 0.5) is 4.79 Å². The van der Waals surface area contributed by atoms with E-state index in [-0.39, 0.29) is 17.7 Å². The first kappa shape index (κ1) is 10.8. The highest BCUT2D eigenvalue weighted by Gasteiger charge is 2.42. The third kappa shape index (κ3) is 2.27. The van der Waals surface area contributed by atoms with Gasteiger partial charge in [-0.1, -0.05) is 6.42 Å². The molecule has 1 heterocycles. The van der Waals surface area contributed by atoms with Crippen LogP contribution >= 0.6 is 11.8 Å². The zero-order valence-corrected chi connectivity index (χ0v) is 9.26. The fraction of sp³-hybridized carbons (Fsp3) is 0.800. The summed E-state index contributed by atoms with van der Waals surface area (Å²) in [4.78, 5) is 22.4. The van der Waals surface area contributed by atoms with Gasteiger partial charge in [0.25, 0.3) is 0 Å². The Balaban J connectivity index is 2.08. The van der Waals surface area contributed by atoms with Gasteiger partial charge in [-0.25, -0.2) is 4.79 Å². The predicted molar refractivity (Wildman–Crippen MR) is 58.2 cm³/mol. The number of carboxylic acid groups (broad SMARTS) is 1. The maximum Gasteiger partial charge on any atom is 0.404 e. The third-order valence-corrected chi connectivity index (χ3v) is 4.68. The van der Waals surface area contributed by atoms with Crippen LogP contribution in [0.1, 0.15) is 25.7 Å². The average Bonchev–Trinajstić information content (AvgIpc) is 2.45. The van der Waals surface area contributed by atoms with Crippen LogP contribution in [0.2, 0.25) is 0 Å². The second-order valence-corrected chi connectivity index (χ2v) is 5.44. The largest absolute Gasteiger partial charge is 0.465 e. The van der Waals surface area contributed by atoms with Gasteiger partial charge in [-0.05, 0) is 12.8 Å². The molecule has 2 fully saturated rings. The third-order valence-electron chi connectivity index (χ3n) is 3.17. The summed E-state index contributed by atoms with van der Waals surface area (Å²) in [5.41, 5.74) is 0.